The summed E-state index contributed by atoms with van der Waals surface area (Å²) in [5.74, 6) is 0. The SMILES string of the molecule is CCc1cnc(CNCc2cc(Br)cs2)s1. The molecular weight excluding hydrogens is 304 g/mol. The molecule has 0 aliphatic carbocycles. The molecule has 0 spiro atoms. The van der Waals surface area contributed by atoms with Crippen molar-refractivity contribution in [3.8, 4) is 0 Å². The zero-order chi connectivity index (χ0) is 11.4. The van der Waals surface area contributed by atoms with E-state index in [9.17, 15) is 0 Å². The Morgan fingerprint density at radius 2 is 2.25 bits per heavy atom. The number of hydrogen-bond acceptors (Lipinski definition) is 4. The van der Waals surface area contributed by atoms with Crippen LogP contribution >= 0.6 is 38.6 Å². The Kier molecular flexibility index (Phi) is 4.52. The quantitative estimate of drug-likeness (QED) is 0.907. The van der Waals surface area contributed by atoms with Gasteiger partial charge < -0.3 is 5.32 Å². The second-order valence-corrected chi connectivity index (χ2v) is 6.52. The third-order valence-corrected chi connectivity index (χ3v) is 4.99. The molecule has 86 valence electrons. The van der Waals surface area contributed by atoms with E-state index in [4.69, 9.17) is 0 Å². The molecule has 0 fully saturated rings. The van der Waals surface area contributed by atoms with E-state index in [1.807, 2.05) is 6.20 Å². The second-order valence-electron chi connectivity index (χ2n) is 3.41. The molecule has 16 heavy (non-hydrogen) atoms. The predicted molar refractivity (Wildman–Crippen MR) is 74.1 cm³/mol. The minimum atomic E-state index is 0.861. The average molecular weight is 317 g/mol. The van der Waals surface area contributed by atoms with Crippen molar-refractivity contribution in [1.29, 1.82) is 0 Å². The summed E-state index contributed by atoms with van der Waals surface area (Å²) in [5.41, 5.74) is 0. The van der Waals surface area contributed by atoms with E-state index < -0.39 is 0 Å². The monoisotopic (exact) mass is 316 g/mol. The van der Waals surface area contributed by atoms with Crippen LogP contribution in [0.15, 0.2) is 22.1 Å². The first-order chi connectivity index (χ1) is 7.78. The molecule has 2 rings (SSSR count). The fraction of sp³-hybridized carbons (Fsp3) is 0.364. The summed E-state index contributed by atoms with van der Waals surface area (Å²) in [6.45, 7) is 3.94. The Morgan fingerprint density at radius 3 is 2.88 bits per heavy atom. The Morgan fingerprint density at radius 1 is 1.38 bits per heavy atom. The summed E-state index contributed by atoms with van der Waals surface area (Å²) < 4.78 is 1.16. The molecule has 5 heteroatoms. The zero-order valence-corrected chi connectivity index (χ0v) is 12.2. The molecule has 0 amide bonds. The lowest BCUT2D eigenvalue weighted by Gasteiger charge is -1.98. The van der Waals surface area contributed by atoms with E-state index in [2.05, 4.69) is 44.6 Å². The minimum absolute atomic E-state index is 0.861. The second kappa shape index (κ2) is 5.91. The van der Waals surface area contributed by atoms with Crippen LogP contribution in [0.2, 0.25) is 0 Å². The molecule has 2 heterocycles. The van der Waals surface area contributed by atoms with Crippen molar-refractivity contribution >= 4 is 38.6 Å². The van der Waals surface area contributed by atoms with E-state index in [1.54, 1.807) is 22.7 Å². The van der Waals surface area contributed by atoms with Gasteiger partial charge in [0.15, 0.2) is 0 Å². The van der Waals surface area contributed by atoms with Crippen molar-refractivity contribution in [3.05, 3.63) is 36.9 Å². The molecule has 0 radical (unpaired) electrons. The van der Waals surface area contributed by atoms with Gasteiger partial charge in [0.05, 0.1) is 0 Å². The first kappa shape index (κ1) is 12.2. The molecule has 0 saturated heterocycles. The van der Waals surface area contributed by atoms with Crippen molar-refractivity contribution in [2.75, 3.05) is 0 Å². The van der Waals surface area contributed by atoms with Gasteiger partial charge >= 0.3 is 0 Å². The van der Waals surface area contributed by atoms with Gasteiger partial charge in [0, 0.05) is 38.9 Å². The van der Waals surface area contributed by atoms with Crippen LogP contribution in [0, 0.1) is 0 Å². The molecule has 0 unspecified atom stereocenters. The number of nitrogens with zero attached hydrogens (tertiary/aromatic N) is 1. The lowest BCUT2D eigenvalue weighted by Crippen LogP contribution is -2.11. The molecule has 2 aromatic heterocycles. The highest BCUT2D eigenvalue weighted by molar-refractivity contribution is 9.10. The first-order valence-corrected chi connectivity index (χ1v) is 7.64. The van der Waals surface area contributed by atoms with E-state index in [0.29, 0.717) is 0 Å². The summed E-state index contributed by atoms with van der Waals surface area (Å²) in [7, 11) is 0. The Balaban J connectivity index is 1.79. The van der Waals surface area contributed by atoms with Crippen LogP contribution in [0.4, 0.5) is 0 Å². The lowest BCUT2D eigenvalue weighted by molar-refractivity contribution is 0.697. The Hall–Kier alpha value is -0.230. The summed E-state index contributed by atoms with van der Waals surface area (Å²) >= 11 is 7.02. The molecule has 0 saturated carbocycles. The average Bonchev–Trinajstić information content (AvgIpc) is 2.88. The van der Waals surface area contributed by atoms with Gasteiger partial charge in [0.2, 0.25) is 0 Å². The van der Waals surface area contributed by atoms with E-state index in [-0.39, 0.29) is 0 Å². The number of halogens is 1. The van der Waals surface area contributed by atoms with Gasteiger partial charge in [-0.15, -0.1) is 22.7 Å². The van der Waals surface area contributed by atoms with Crippen LogP contribution in [0.25, 0.3) is 0 Å². The predicted octanol–water partition coefficient (Wildman–Crippen LogP) is 3.82. The summed E-state index contributed by atoms with van der Waals surface area (Å²) in [6.07, 6.45) is 3.05. The maximum Gasteiger partial charge on any atom is 0.107 e. The number of nitrogens with one attached hydrogen (secondary N) is 1. The summed E-state index contributed by atoms with van der Waals surface area (Å²) in [5, 5.41) is 6.69. The standard InChI is InChI=1S/C11H13BrN2S2/c1-2-9-5-14-11(16-9)6-13-4-10-3-8(12)7-15-10/h3,5,7,13H,2,4,6H2,1H3. The number of thiazole rings is 1. The fourth-order valence-corrected chi connectivity index (χ4v) is 3.59. The number of hydrogen-bond donors (Lipinski definition) is 1. The van der Waals surface area contributed by atoms with Crippen LogP contribution in [0.1, 0.15) is 21.7 Å². The third-order valence-electron chi connectivity index (χ3n) is 2.15. The molecule has 0 aromatic carbocycles. The highest BCUT2D eigenvalue weighted by Crippen LogP contribution is 2.19. The van der Waals surface area contributed by atoms with Crippen LogP contribution in [0.3, 0.4) is 0 Å². The van der Waals surface area contributed by atoms with E-state index >= 15 is 0 Å². The minimum Gasteiger partial charge on any atom is -0.306 e. The van der Waals surface area contributed by atoms with Crippen LogP contribution in [-0.4, -0.2) is 4.98 Å². The van der Waals surface area contributed by atoms with Crippen LogP contribution in [0.5, 0.6) is 0 Å². The third kappa shape index (κ3) is 3.38. The largest absolute Gasteiger partial charge is 0.306 e. The fourth-order valence-electron chi connectivity index (χ4n) is 1.33. The Labute approximate surface area is 112 Å². The van der Waals surface area contributed by atoms with Gasteiger partial charge in [-0.25, -0.2) is 4.98 Å². The highest BCUT2D eigenvalue weighted by Gasteiger charge is 2.01. The van der Waals surface area contributed by atoms with Gasteiger partial charge in [-0.05, 0) is 28.4 Å². The van der Waals surface area contributed by atoms with Gasteiger partial charge in [-0.1, -0.05) is 6.92 Å². The molecule has 1 N–H and O–H groups in total. The van der Waals surface area contributed by atoms with Gasteiger partial charge in [-0.2, -0.15) is 0 Å². The number of thiophene rings is 1. The molecular formula is C11H13BrN2S2. The van der Waals surface area contributed by atoms with Crippen molar-refractivity contribution in [2.24, 2.45) is 0 Å². The van der Waals surface area contributed by atoms with E-state index in [1.165, 1.54) is 14.8 Å². The van der Waals surface area contributed by atoms with E-state index in [0.717, 1.165) is 24.0 Å². The van der Waals surface area contributed by atoms with Crippen molar-refractivity contribution in [1.82, 2.24) is 10.3 Å². The normalized spacial score (nSPS) is 10.9. The van der Waals surface area contributed by atoms with Crippen molar-refractivity contribution in [2.45, 2.75) is 26.4 Å². The molecule has 2 aromatic rings. The van der Waals surface area contributed by atoms with Gasteiger partial charge in [0.1, 0.15) is 5.01 Å². The highest BCUT2D eigenvalue weighted by atomic mass is 79.9. The smallest absolute Gasteiger partial charge is 0.107 e. The van der Waals surface area contributed by atoms with Gasteiger partial charge in [-0.3, -0.25) is 0 Å². The first-order valence-electron chi connectivity index (χ1n) is 5.15. The lowest BCUT2D eigenvalue weighted by atomic mass is 10.4. The maximum absolute atomic E-state index is 4.37. The molecule has 2 nitrogen and oxygen atoms in total. The van der Waals surface area contributed by atoms with Gasteiger partial charge in [0.25, 0.3) is 0 Å². The number of aromatic nitrogens is 1. The summed E-state index contributed by atoms with van der Waals surface area (Å²) in [4.78, 5) is 7.08. The molecule has 0 atom stereocenters. The zero-order valence-electron chi connectivity index (χ0n) is 9.00. The van der Waals surface area contributed by atoms with Crippen LogP contribution in [-0.2, 0) is 19.5 Å². The van der Waals surface area contributed by atoms with Crippen molar-refractivity contribution < 1.29 is 0 Å². The number of rotatable bonds is 5. The molecule has 0 bridgehead atoms. The summed E-state index contributed by atoms with van der Waals surface area (Å²) in [6, 6.07) is 2.15. The van der Waals surface area contributed by atoms with Crippen LogP contribution < -0.4 is 5.32 Å². The Bertz CT molecular complexity index is 450. The maximum atomic E-state index is 4.37. The topological polar surface area (TPSA) is 24.9 Å². The molecule has 0 aliphatic rings. The number of aryl methyl sites for hydroxylation is 1. The van der Waals surface area contributed by atoms with Crippen molar-refractivity contribution in [3.63, 3.8) is 0 Å². The molecule has 0 aliphatic heterocycles.